The lowest BCUT2D eigenvalue weighted by molar-refractivity contribution is 0.0788. The zero-order valence-corrected chi connectivity index (χ0v) is 9.65. The molecule has 1 amide bonds. The summed E-state index contributed by atoms with van der Waals surface area (Å²) in [4.78, 5) is 13.8. The van der Waals surface area contributed by atoms with Crippen LogP contribution in [-0.2, 0) is 6.54 Å². The molecule has 3 heteroatoms. The van der Waals surface area contributed by atoms with E-state index < -0.39 is 0 Å². The Balaban J connectivity index is 2.00. The third-order valence-electron chi connectivity index (χ3n) is 3.01. The van der Waals surface area contributed by atoms with Crippen LogP contribution in [0.25, 0.3) is 0 Å². The highest BCUT2D eigenvalue weighted by Crippen LogP contribution is 2.29. The van der Waals surface area contributed by atoms with Crippen molar-refractivity contribution in [1.29, 1.82) is 0 Å². The minimum Gasteiger partial charge on any atom is -0.341 e. The van der Waals surface area contributed by atoms with Gasteiger partial charge < -0.3 is 10.6 Å². The van der Waals surface area contributed by atoms with E-state index in [-0.39, 0.29) is 5.91 Å². The standard InChI is InChI=1S/C13H18N2O/c1-15(9-11-2-3-11)13(16)12-6-4-10(8-14)5-7-12/h4-7,11H,2-3,8-9,14H2,1H3. The first-order chi connectivity index (χ1) is 7.70. The zero-order valence-electron chi connectivity index (χ0n) is 9.65. The summed E-state index contributed by atoms with van der Waals surface area (Å²) in [5.74, 6) is 0.840. The van der Waals surface area contributed by atoms with Crippen molar-refractivity contribution in [3.8, 4) is 0 Å². The van der Waals surface area contributed by atoms with E-state index in [1.165, 1.54) is 12.8 Å². The number of carbonyl (C=O) groups excluding carboxylic acids is 1. The number of benzene rings is 1. The fourth-order valence-electron chi connectivity index (χ4n) is 1.77. The van der Waals surface area contributed by atoms with Gasteiger partial charge in [0.25, 0.3) is 5.91 Å². The molecule has 0 atom stereocenters. The van der Waals surface area contributed by atoms with Crippen LogP contribution < -0.4 is 5.73 Å². The summed E-state index contributed by atoms with van der Waals surface area (Å²) in [6.45, 7) is 1.41. The molecule has 0 bridgehead atoms. The quantitative estimate of drug-likeness (QED) is 0.835. The van der Waals surface area contributed by atoms with Crippen LogP contribution in [0.2, 0.25) is 0 Å². The van der Waals surface area contributed by atoms with E-state index in [0.717, 1.165) is 23.6 Å². The van der Waals surface area contributed by atoms with E-state index in [1.807, 2.05) is 36.2 Å². The molecular formula is C13H18N2O. The Hall–Kier alpha value is -1.35. The normalized spacial score (nSPS) is 14.9. The minimum atomic E-state index is 0.107. The first-order valence-electron chi connectivity index (χ1n) is 5.75. The van der Waals surface area contributed by atoms with Crippen LogP contribution in [0.3, 0.4) is 0 Å². The van der Waals surface area contributed by atoms with Gasteiger partial charge in [-0.3, -0.25) is 4.79 Å². The molecule has 16 heavy (non-hydrogen) atoms. The van der Waals surface area contributed by atoms with Gasteiger partial charge in [0, 0.05) is 25.7 Å². The van der Waals surface area contributed by atoms with Crippen LogP contribution in [-0.4, -0.2) is 24.4 Å². The number of nitrogens with two attached hydrogens (primary N) is 1. The third kappa shape index (κ3) is 2.61. The van der Waals surface area contributed by atoms with Crippen LogP contribution >= 0.6 is 0 Å². The molecule has 0 saturated heterocycles. The maximum Gasteiger partial charge on any atom is 0.253 e. The first kappa shape index (κ1) is 11.1. The molecule has 1 aliphatic carbocycles. The van der Waals surface area contributed by atoms with Crippen molar-refractivity contribution < 1.29 is 4.79 Å². The van der Waals surface area contributed by atoms with Crippen LogP contribution in [0.1, 0.15) is 28.8 Å². The first-order valence-corrected chi connectivity index (χ1v) is 5.75. The summed E-state index contributed by atoms with van der Waals surface area (Å²) >= 11 is 0. The lowest BCUT2D eigenvalue weighted by Gasteiger charge is -2.16. The molecule has 0 spiro atoms. The summed E-state index contributed by atoms with van der Waals surface area (Å²) < 4.78 is 0. The molecule has 86 valence electrons. The second-order valence-corrected chi connectivity index (χ2v) is 4.53. The summed E-state index contributed by atoms with van der Waals surface area (Å²) in [5, 5.41) is 0. The van der Waals surface area contributed by atoms with E-state index in [2.05, 4.69) is 0 Å². The van der Waals surface area contributed by atoms with Crippen LogP contribution in [0.15, 0.2) is 24.3 Å². The van der Waals surface area contributed by atoms with E-state index in [0.29, 0.717) is 6.54 Å². The van der Waals surface area contributed by atoms with Crippen molar-refractivity contribution in [1.82, 2.24) is 4.90 Å². The SMILES string of the molecule is CN(CC1CC1)C(=O)c1ccc(CN)cc1. The lowest BCUT2D eigenvalue weighted by atomic mass is 10.1. The minimum absolute atomic E-state index is 0.107. The molecule has 0 unspecified atom stereocenters. The molecule has 0 radical (unpaired) electrons. The molecule has 0 aliphatic heterocycles. The van der Waals surface area contributed by atoms with Gasteiger partial charge in [-0.2, -0.15) is 0 Å². The molecular weight excluding hydrogens is 200 g/mol. The van der Waals surface area contributed by atoms with Crippen molar-refractivity contribution in [2.75, 3.05) is 13.6 Å². The highest BCUT2D eigenvalue weighted by atomic mass is 16.2. The Morgan fingerprint density at radius 2 is 2.00 bits per heavy atom. The molecule has 0 heterocycles. The predicted octanol–water partition coefficient (Wildman–Crippen LogP) is 1.63. The molecule has 2 N–H and O–H groups in total. The van der Waals surface area contributed by atoms with Gasteiger partial charge in [0.05, 0.1) is 0 Å². The third-order valence-corrected chi connectivity index (χ3v) is 3.01. The summed E-state index contributed by atoms with van der Waals surface area (Å²) in [6, 6.07) is 7.54. The van der Waals surface area contributed by atoms with Crippen molar-refractivity contribution in [3.05, 3.63) is 35.4 Å². The summed E-state index contributed by atoms with van der Waals surface area (Å²) in [5.41, 5.74) is 7.32. The van der Waals surface area contributed by atoms with Crippen LogP contribution in [0.4, 0.5) is 0 Å². The fourth-order valence-corrected chi connectivity index (χ4v) is 1.77. The van der Waals surface area contributed by atoms with Crippen LogP contribution in [0.5, 0.6) is 0 Å². The van der Waals surface area contributed by atoms with Crippen molar-refractivity contribution in [3.63, 3.8) is 0 Å². The van der Waals surface area contributed by atoms with E-state index in [1.54, 1.807) is 0 Å². The van der Waals surface area contributed by atoms with E-state index in [4.69, 9.17) is 5.73 Å². The number of carbonyl (C=O) groups is 1. The fraction of sp³-hybridized carbons (Fsp3) is 0.462. The summed E-state index contributed by atoms with van der Waals surface area (Å²) in [7, 11) is 1.87. The highest BCUT2D eigenvalue weighted by Gasteiger charge is 2.25. The molecule has 1 aliphatic rings. The Bertz CT molecular complexity index is 368. The van der Waals surface area contributed by atoms with Gasteiger partial charge in [-0.05, 0) is 36.5 Å². The van der Waals surface area contributed by atoms with Gasteiger partial charge in [0.1, 0.15) is 0 Å². The van der Waals surface area contributed by atoms with E-state index >= 15 is 0 Å². The summed E-state index contributed by atoms with van der Waals surface area (Å²) in [6.07, 6.45) is 2.54. The Labute approximate surface area is 96.2 Å². The number of rotatable bonds is 4. The van der Waals surface area contributed by atoms with Gasteiger partial charge in [-0.1, -0.05) is 12.1 Å². The van der Waals surface area contributed by atoms with Gasteiger partial charge in [-0.15, -0.1) is 0 Å². The average Bonchev–Trinajstić information content (AvgIpc) is 3.12. The molecule has 1 aromatic carbocycles. The molecule has 0 aromatic heterocycles. The van der Waals surface area contributed by atoms with Gasteiger partial charge in [0.2, 0.25) is 0 Å². The van der Waals surface area contributed by atoms with Gasteiger partial charge in [-0.25, -0.2) is 0 Å². The average molecular weight is 218 g/mol. The maximum absolute atomic E-state index is 12.0. The largest absolute Gasteiger partial charge is 0.341 e. The number of hydrogen-bond donors (Lipinski definition) is 1. The molecule has 3 nitrogen and oxygen atoms in total. The Morgan fingerprint density at radius 3 is 2.50 bits per heavy atom. The molecule has 2 rings (SSSR count). The molecule has 1 fully saturated rings. The molecule has 1 aromatic rings. The topological polar surface area (TPSA) is 46.3 Å². The van der Waals surface area contributed by atoms with Crippen LogP contribution in [0, 0.1) is 5.92 Å². The number of amides is 1. The second kappa shape index (κ2) is 4.66. The predicted molar refractivity (Wildman–Crippen MR) is 64.0 cm³/mol. The molecule has 1 saturated carbocycles. The van der Waals surface area contributed by atoms with E-state index in [9.17, 15) is 4.79 Å². The van der Waals surface area contributed by atoms with Crippen molar-refractivity contribution >= 4 is 5.91 Å². The lowest BCUT2D eigenvalue weighted by Crippen LogP contribution is -2.28. The van der Waals surface area contributed by atoms with Gasteiger partial charge in [0.15, 0.2) is 0 Å². The zero-order chi connectivity index (χ0) is 11.5. The smallest absolute Gasteiger partial charge is 0.253 e. The second-order valence-electron chi connectivity index (χ2n) is 4.53. The Morgan fingerprint density at radius 1 is 1.38 bits per heavy atom. The maximum atomic E-state index is 12.0. The monoisotopic (exact) mass is 218 g/mol. The Kier molecular flexibility index (Phi) is 3.25. The van der Waals surface area contributed by atoms with Gasteiger partial charge >= 0.3 is 0 Å². The number of nitrogens with zero attached hydrogens (tertiary/aromatic N) is 1. The van der Waals surface area contributed by atoms with Crippen molar-refractivity contribution in [2.24, 2.45) is 11.7 Å². The number of hydrogen-bond acceptors (Lipinski definition) is 2. The van der Waals surface area contributed by atoms with Crippen molar-refractivity contribution in [2.45, 2.75) is 19.4 Å². The highest BCUT2D eigenvalue weighted by molar-refractivity contribution is 5.94.